The van der Waals surface area contributed by atoms with Gasteiger partial charge in [0.1, 0.15) is 0 Å². The Labute approximate surface area is 80.8 Å². The van der Waals surface area contributed by atoms with Crippen molar-refractivity contribution in [1.29, 1.82) is 0 Å². The Kier molecular flexibility index (Phi) is 3.43. The first-order chi connectivity index (χ1) is 6.72. The molecule has 14 heavy (non-hydrogen) atoms. The third-order valence-corrected chi connectivity index (χ3v) is 1.56. The van der Waals surface area contributed by atoms with Crippen molar-refractivity contribution in [2.75, 3.05) is 0 Å². The molecular weight excluding hydrogens is 182 g/mol. The minimum Gasteiger partial charge on any atom is -0.478 e. The molecule has 0 bridgehead atoms. The monoisotopic (exact) mass is 191 g/mol. The molecule has 4 nitrogen and oxygen atoms in total. The smallest absolute Gasteiger partial charge is 0.328 e. The molecule has 0 aliphatic rings. The van der Waals surface area contributed by atoms with Crippen molar-refractivity contribution >= 4 is 18.3 Å². The largest absolute Gasteiger partial charge is 0.478 e. The van der Waals surface area contributed by atoms with Crippen LogP contribution in [0.3, 0.4) is 0 Å². The Hall–Kier alpha value is -2.10. The van der Waals surface area contributed by atoms with E-state index in [1.165, 1.54) is 12.3 Å². The molecule has 2 N–H and O–H groups in total. The van der Waals surface area contributed by atoms with Crippen molar-refractivity contribution in [3.63, 3.8) is 0 Å². The van der Waals surface area contributed by atoms with Crippen LogP contribution in [0.2, 0.25) is 0 Å². The average Bonchev–Trinajstić information content (AvgIpc) is 2.17. The van der Waals surface area contributed by atoms with Crippen molar-refractivity contribution in [3.05, 3.63) is 41.5 Å². The van der Waals surface area contributed by atoms with E-state index in [0.29, 0.717) is 0 Å². The molecule has 4 heteroatoms. The first-order valence-electron chi connectivity index (χ1n) is 3.91. The summed E-state index contributed by atoms with van der Waals surface area (Å²) in [6.07, 6.45) is 3.85. The zero-order chi connectivity index (χ0) is 10.4. The molecule has 0 saturated heterocycles. The standard InChI is InChI=1S/C10H9NO3/c12-10(13)6-5-8-1-3-9(4-2-8)7-11-14/h1-7,14H,(H,12,13)/b6-5+,11-7?. The third kappa shape index (κ3) is 3.10. The van der Waals surface area contributed by atoms with Gasteiger partial charge in [0.25, 0.3) is 0 Å². The van der Waals surface area contributed by atoms with E-state index in [0.717, 1.165) is 17.2 Å². The van der Waals surface area contributed by atoms with E-state index in [9.17, 15) is 4.79 Å². The molecule has 0 aliphatic heterocycles. The summed E-state index contributed by atoms with van der Waals surface area (Å²) in [5, 5.41) is 19.5. The van der Waals surface area contributed by atoms with Crippen LogP contribution in [0, 0.1) is 0 Å². The minimum absolute atomic E-state index is 0.750. The number of rotatable bonds is 3. The number of hydrogen-bond acceptors (Lipinski definition) is 3. The Bertz CT molecular complexity index is 365. The molecule has 1 rings (SSSR count). The van der Waals surface area contributed by atoms with E-state index in [1.807, 2.05) is 0 Å². The van der Waals surface area contributed by atoms with Crippen LogP contribution in [0.4, 0.5) is 0 Å². The summed E-state index contributed by atoms with van der Waals surface area (Å²) in [6, 6.07) is 6.91. The number of carboxylic acids is 1. The van der Waals surface area contributed by atoms with Crippen LogP contribution in [0.1, 0.15) is 11.1 Å². The molecule has 0 atom stereocenters. The van der Waals surface area contributed by atoms with Gasteiger partial charge in [-0.1, -0.05) is 29.4 Å². The maximum absolute atomic E-state index is 10.2. The molecule has 1 aromatic rings. The van der Waals surface area contributed by atoms with Gasteiger partial charge in [0, 0.05) is 6.08 Å². The normalized spacial score (nSPS) is 11.1. The molecule has 0 fully saturated rings. The van der Waals surface area contributed by atoms with E-state index in [4.69, 9.17) is 10.3 Å². The second kappa shape index (κ2) is 4.81. The third-order valence-electron chi connectivity index (χ3n) is 1.56. The number of carbonyl (C=O) groups is 1. The molecule has 0 amide bonds. The van der Waals surface area contributed by atoms with Crippen LogP contribution in [0.5, 0.6) is 0 Å². The maximum atomic E-state index is 10.2. The van der Waals surface area contributed by atoms with Gasteiger partial charge in [-0.3, -0.25) is 0 Å². The van der Waals surface area contributed by atoms with Crippen LogP contribution in [-0.4, -0.2) is 22.5 Å². The molecule has 0 heterocycles. The second-order valence-electron chi connectivity index (χ2n) is 2.58. The van der Waals surface area contributed by atoms with Gasteiger partial charge >= 0.3 is 5.97 Å². The van der Waals surface area contributed by atoms with Gasteiger partial charge in [0.2, 0.25) is 0 Å². The molecule has 0 spiro atoms. The van der Waals surface area contributed by atoms with E-state index in [-0.39, 0.29) is 0 Å². The minimum atomic E-state index is -0.981. The number of hydrogen-bond donors (Lipinski definition) is 2. The van der Waals surface area contributed by atoms with Gasteiger partial charge in [0.15, 0.2) is 0 Å². The fourth-order valence-corrected chi connectivity index (χ4v) is 0.927. The molecule has 1 aromatic carbocycles. The highest BCUT2D eigenvalue weighted by molar-refractivity contribution is 5.85. The first-order valence-corrected chi connectivity index (χ1v) is 3.91. The van der Waals surface area contributed by atoms with E-state index < -0.39 is 5.97 Å². The molecule has 0 aliphatic carbocycles. The number of oxime groups is 1. The summed E-state index contributed by atoms with van der Waals surface area (Å²) in [7, 11) is 0. The van der Waals surface area contributed by atoms with E-state index in [1.54, 1.807) is 24.3 Å². The number of nitrogens with zero attached hydrogens (tertiary/aromatic N) is 1. The molecule has 72 valence electrons. The lowest BCUT2D eigenvalue weighted by Crippen LogP contribution is -1.86. The van der Waals surface area contributed by atoms with Crippen LogP contribution in [0.25, 0.3) is 6.08 Å². The predicted octanol–water partition coefficient (Wildman–Crippen LogP) is 1.59. The highest BCUT2D eigenvalue weighted by Gasteiger charge is 1.90. The highest BCUT2D eigenvalue weighted by atomic mass is 16.4. The van der Waals surface area contributed by atoms with Crippen LogP contribution < -0.4 is 0 Å². The fraction of sp³-hybridized carbons (Fsp3) is 0. The molecule has 0 radical (unpaired) electrons. The lowest BCUT2D eigenvalue weighted by Gasteiger charge is -1.93. The van der Waals surface area contributed by atoms with Gasteiger partial charge < -0.3 is 10.3 Å². The number of aliphatic carboxylic acids is 1. The van der Waals surface area contributed by atoms with Gasteiger partial charge in [-0.2, -0.15) is 0 Å². The predicted molar refractivity (Wildman–Crippen MR) is 52.5 cm³/mol. The zero-order valence-corrected chi connectivity index (χ0v) is 7.29. The van der Waals surface area contributed by atoms with Crippen LogP contribution in [-0.2, 0) is 4.79 Å². The van der Waals surface area contributed by atoms with Crippen molar-refractivity contribution in [2.45, 2.75) is 0 Å². The van der Waals surface area contributed by atoms with Crippen molar-refractivity contribution in [1.82, 2.24) is 0 Å². The van der Waals surface area contributed by atoms with E-state index >= 15 is 0 Å². The Morgan fingerprint density at radius 2 is 1.79 bits per heavy atom. The van der Waals surface area contributed by atoms with Gasteiger partial charge in [-0.05, 0) is 17.2 Å². The lowest BCUT2D eigenvalue weighted by molar-refractivity contribution is -0.131. The summed E-state index contributed by atoms with van der Waals surface area (Å²) >= 11 is 0. The highest BCUT2D eigenvalue weighted by Crippen LogP contribution is 2.04. The Morgan fingerprint density at radius 1 is 1.21 bits per heavy atom. The summed E-state index contributed by atoms with van der Waals surface area (Å²) in [4.78, 5) is 10.2. The zero-order valence-electron chi connectivity index (χ0n) is 7.29. The van der Waals surface area contributed by atoms with Gasteiger partial charge in [-0.15, -0.1) is 0 Å². The van der Waals surface area contributed by atoms with Crippen molar-refractivity contribution < 1.29 is 15.1 Å². The Balaban J connectivity index is 2.78. The van der Waals surface area contributed by atoms with Crippen molar-refractivity contribution in [3.8, 4) is 0 Å². The number of carboxylic acid groups (broad SMARTS) is 1. The molecular formula is C10H9NO3. The average molecular weight is 191 g/mol. The first kappa shape index (κ1) is 9.98. The molecule has 0 saturated carbocycles. The summed E-state index contributed by atoms with van der Waals surface area (Å²) in [6.45, 7) is 0. The van der Waals surface area contributed by atoms with Crippen LogP contribution >= 0.6 is 0 Å². The summed E-state index contributed by atoms with van der Waals surface area (Å²) < 4.78 is 0. The van der Waals surface area contributed by atoms with Gasteiger partial charge in [-0.25, -0.2) is 4.79 Å². The summed E-state index contributed by atoms with van der Waals surface area (Å²) in [5.74, 6) is -0.981. The quantitative estimate of drug-likeness (QED) is 0.330. The number of benzene rings is 1. The molecule has 0 unspecified atom stereocenters. The topological polar surface area (TPSA) is 69.9 Å². The van der Waals surface area contributed by atoms with E-state index in [2.05, 4.69) is 5.16 Å². The maximum Gasteiger partial charge on any atom is 0.328 e. The lowest BCUT2D eigenvalue weighted by atomic mass is 10.1. The van der Waals surface area contributed by atoms with Crippen LogP contribution in [0.15, 0.2) is 35.5 Å². The SMILES string of the molecule is O=C(O)/C=C/c1ccc(C=NO)cc1. The Morgan fingerprint density at radius 3 is 2.29 bits per heavy atom. The van der Waals surface area contributed by atoms with Gasteiger partial charge in [0.05, 0.1) is 6.21 Å². The van der Waals surface area contributed by atoms with Crippen molar-refractivity contribution in [2.24, 2.45) is 5.16 Å². The summed E-state index contributed by atoms with van der Waals surface area (Å²) in [5.41, 5.74) is 1.53. The second-order valence-corrected chi connectivity index (χ2v) is 2.58. The molecule has 0 aromatic heterocycles. The fourth-order valence-electron chi connectivity index (χ4n) is 0.927.